The molecule has 0 amide bonds. The molecule has 0 spiro atoms. The van der Waals surface area contributed by atoms with Crippen molar-refractivity contribution in [1.29, 1.82) is 0 Å². The highest BCUT2D eigenvalue weighted by Crippen LogP contribution is 2.40. The quantitative estimate of drug-likeness (QED) is 0.413. The van der Waals surface area contributed by atoms with Crippen LogP contribution in [0.25, 0.3) is 37.2 Å². The molecule has 0 unspecified atom stereocenters. The predicted molar refractivity (Wildman–Crippen MR) is 114 cm³/mol. The van der Waals surface area contributed by atoms with E-state index in [4.69, 9.17) is 6.57 Å². The number of rotatable bonds is 4. The van der Waals surface area contributed by atoms with Gasteiger partial charge in [0.25, 0.3) is 0 Å². The highest BCUT2D eigenvalue weighted by molar-refractivity contribution is 7.17. The number of benzene rings is 2. The normalized spacial score (nSPS) is 10.9. The zero-order valence-corrected chi connectivity index (χ0v) is 16.4. The fourth-order valence-electron chi connectivity index (χ4n) is 3.83. The lowest BCUT2D eigenvalue weighted by Crippen LogP contribution is -2.07. The fraction of sp³-hybridized carbons (Fsp3) is 0.130. The molecule has 0 saturated heterocycles. The molecule has 2 heterocycles. The Hall–Kier alpha value is -3.36. The average molecular weight is 386 g/mol. The van der Waals surface area contributed by atoms with E-state index < -0.39 is 5.97 Å². The molecule has 2 aromatic carbocycles. The minimum absolute atomic E-state index is 0.163. The number of nitrogens with zero attached hydrogens (tertiary/aromatic N) is 2. The second kappa shape index (κ2) is 6.99. The molecule has 1 N–H and O–H groups in total. The Labute approximate surface area is 167 Å². The minimum Gasteiger partial charge on any atom is -0.477 e. The van der Waals surface area contributed by atoms with Crippen LogP contribution in [0, 0.1) is 6.57 Å². The molecule has 28 heavy (non-hydrogen) atoms. The van der Waals surface area contributed by atoms with Crippen molar-refractivity contribution in [1.82, 2.24) is 4.57 Å². The van der Waals surface area contributed by atoms with Gasteiger partial charge in [-0.3, -0.25) is 0 Å². The molecule has 138 valence electrons. The Morgan fingerprint density at radius 3 is 2.50 bits per heavy atom. The van der Waals surface area contributed by atoms with Crippen LogP contribution >= 0.6 is 11.3 Å². The first-order valence-electron chi connectivity index (χ1n) is 8.96. The largest absolute Gasteiger partial charge is 0.477 e. The summed E-state index contributed by atoms with van der Waals surface area (Å²) >= 11 is 1.71. The topological polar surface area (TPSA) is 46.6 Å². The molecule has 0 aliphatic heterocycles. The first-order valence-corrected chi connectivity index (χ1v) is 9.84. The van der Waals surface area contributed by atoms with Gasteiger partial charge in [-0.25, -0.2) is 9.64 Å². The number of hydrogen-bond donors (Lipinski definition) is 1. The SMILES string of the molecule is [C-]#[N+]c1c(-c2ccc(-c3cccc4sccc34)cc2)c(C(=O)O)n(C)c1CC. The van der Waals surface area contributed by atoms with Gasteiger partial charge in [0.2, 0.25) is 5.69 Å². The van der Waals surface area contributed by atoms with Crippen molar-refractivity contribution in [2.45, 2.75) is 13.3 Å². The van der Waals surface area contributed by atoms with E-state index in [0.29, 0.717) is 17.7 Å². The smallest absolute Gasteiger partial charge is 0.351 e. The van der Waals surface area contributed by atoms with E-state index in [9.17, 15) is 9.90 Å². The van der Waals surface area contributed by atoms with Crippen LogP contribution in [-0.4, -0.2) is 15.6 Å². The molecule has 0 aliphatic carbocycles. The van der Waals surface area contributed by atoms with Crippen molar-refractivity contribution in [3.63, 3.8) is 0 Å². The van der Waals surface area contributed by atoms with Gasteiger partial charge >= 0.3 is 5.97 Å². The van der Waals surface area contributed by atoms with Crippen molar-refractivity contribution in [3.8, 4) is 22.3 Å². The molecule has 0 bridgehead atoms. The van der Waals surface area contributed by atoms with Gasteiger partial charge in [-0.1, -0.05) is 43.3 Å². The monoisotopic (exact) mass is 386 g/mol. The number of aromatic carboxylic acids is 1. The zero-order valence-electron chi connectivity index (χ0n) is 15.6. The molecule has 0 fully saturated rings. The lowest BCUT2D eigenvalue weighted by atomic mass is 9.97. The first kappa shape index (κ1) is 18.0. The van der Waals surface area contributed by atoms with Gasteiger partial charge in [0.05, 0.1) is 6.57 Å². The third-order valence-corrected chi connectivity index (χ3v) is 6.00. The molecule has 4 rings (SSSR count). The number of carboxylic acid groups (broad SMARTS) is 1. The average Bonchev–Trinajstić information content (AvgIpc) is 3.29. The summed E-state index contributed by atoms with van der Waals surface area (Å²) in [5.41, 5.74) is 4.80. The number of carboxylic acids is 1. The summed E-state index contributed by atoms with van der Waals surface area (Å²) < 4.78 is 2.87. The standard InChI is InChI=1S/C23H18N2O2S/c1-4-18-21(24-2)20(22(23(26)27)25(18)3)15-10-8-14(9-11-15)16-6-5-7-19-17(16)12-13-28-19/h5-13H,4H2,1,3H3,(H,26,27). The molecule has 5 heteroatoms. The second-order valence-corrected chi connectivity index (χ2v) is 7.51. The predicted octanol–water partition coefficient (Wildman–Crippen LogP) is 6.39. The summed E-state index contributed by atoms with van der Waals surface area (Å²) in [5.74, 6) is -1.02. The second-order valence-electron chi connectivity index (χ2n) is 6.56. The van der Waals surface area contributed by atoms with E-state index >= 15 is 0 Å². The fourth-order valence-corrected chi connectivity index (χ4v) is 4.64. The van der Waals surface area contributed by atoms with Crippen LogP contribution in [0.1, 0.15) is 23.1 Å². The Kier molecular flexibility index (Phi) is 4.50. The highest BCUT2D eigenvalue weighted by Gasteiger charge is 2.25. The third-order valence-electron chi connectivity index (χ3n) is 5.12. The third kappa shape index (κ3) is 2.70. The van der Waals surface area contributed by atoms with Crippen LogP contribution in [-0.2, 0) is 13.5 Å². The van der Waals surface area contributed by atoms with E-state index in [2.05, 4.69) is 28.4 Å². The summed E-state index contributed by atoms with van der Waals surface area (Å²) in [6, 6.07) is 16.2. The van der Waals surface area contributed by atoms with E-state index in [-0.39, 0.29) is 5.69 Å². The lowest BCUT2D eigenvalue weighted by Gasteiger charge is -2.08. The number of hydrogen-bond acceptors (Lipinski definition) is 2. The molecule has 4 aromatic rings. The van der Waals surface area contributed by atoms with E-state index in [1.54, 1.807) is 23.0 Å². The number of aromatic nitrogens is 1. The molecular formula is C23H18N2O2S. The Morgan fingerprint density at radius 1 is 1.14 bits per heavy atom. The minimum atomic E-state index is -1.02. The van der Waals surface area contributed by atoms with E-state index in [1.807, 2.05) is 37.3 Å². The van der Waals surface area contributed by atoms with Crippen LogP contribution in [0.3, 0.4) is 0 Å². The van der Waals surface area contributed by atoms with Crippen LogP contribution in [0.15, 0.2) is 53.9 Å². The van der Waals surface area contributed by atoms with Crippen LogP contribution in [0.5, 0.6) is 0 Å². The van der Waals surface area contributed by atoms with Crippen molar-refractivity contribution >= 4 is 33.1 Å². The summed E-state index contributed by atoms with van der Waals surface area (Å²) in [6.07, 6.45) is 0.604. The number of fused-ring (bicyclic) bond motifs is 1. The first-order chi connectivity index (χ1) is 13.6. The molecular weight excluding hydrogens is 368 g/mol. The lowest BCUT2D eigenvalue weighted by molar-refractivity contribution is 0.0687. The van der Waals surface area contributed by atoms with Gasteiger partial charge < -0.3 is 9.67 Å². The van der Waals surface area contributed by atoms with Crippen LogP contribution in [0.2, 0.25) is 0 Å². The Morgan fingerprint density at radius 2 is 1.86 bits per heavy atom. The molecule has 0 aliphatic rings. The van der Waals surface area contributed by atoms with Crippen LogP contribution in [0.4, 0.5) is 5.69 Å². The number of thiophene rings is 1. The maximum absolute atomic E-state index is 11.9. The van der Waals surface area contributed by atoms with Gasteiger partial charge in [0, 0.05) is 28.4 Å². The Bertz CT molecular complexity index is 1240. The van der Waals surface area contributed by atoms with Crippen LogP contribution < -0.4 is 0 Å². The zero-order chi connectivity index (χ0) is 19.8. The van der Waals surface area contributed by atoms with E-state index in [1.165, 1.54) is 10.1 Å². The van der Waals surface area contributed by atoms with Gasteiger partial charge in [0.1, 0.15) is 5.69 Å². The molecule has 2 aromatic heterocycles. The van der Waals surface area contributed by atoms with Crippen molar-refractivity contribution in [3.05, 3.63) is 76.7 Å². The van der Waals surface area contributed by atoms with Crippen molar-refractivity contribution in [2.75, 3.05) is 0 Å². The number of carbonyl (C=O) groups is 1. The molecule has 0 atom stereocenters. The molecule has 0 saturated carbocycles. The summed E-state index contributed by atoms with van der Waals surface area (Å²) in [6.45, 7) is 9.53. The summed E-state index contributed by atoms with van der Waals surface area (Å²) in [7, 11) is 1.71. The van der Waals surface area contributed by atoms with Gasteiger partial charge in [-0.15, -0.1) is 11.3 Å². The van der Waals surface area contributed by atoms with Crippen molar-refractivity contribution < 1.29 is 9.90 Å². The van der Waals surface area contributed by atoms with Gasteiger partial charge in [-0.05, 0) is 40.6 Å². The molecule has 0 radical (unpaired) electrons. The molecule has 4 nitrogen and oxygen atoms in total. The van der Waals surface area contributed by atoms with E-state index in [0.717, 1.165) is 22.4 Å². The summed E-state index contributed by atoms with van der Waals surface area (Å²) in [5, 5.41) is 13.0. The highest BCUT2D eigenvalue weighted by atomic mass is 32.1. The Balaban J connectivity index is 1.88. The van der Waals surface area contributed by atoms with Gasteiger partial charge in [0.15, 0.2) is 0 Å². The van der Waals surface area contributed by atoms with Gasteiger partial charge in [-0.2, -0.15) is 0 Å². The maximum atomic E-state index is 11.9. The maximum Gasteiger partial charge on any atom is 0.351 e. The summed E-state index contributed by atoms with van der Waals surface area (Å²) in [4.78, 5) is 15.6. The van der Waals surface area contributed by atoms with Crippen molar-refractivity contribution in [2.24, 2.45) is 7.05 Å².